The van der Waals surface area contributed by atoms with Gasteiger partial charge in [-0.15, -0.1) is 0 Å². The van der Waals surface area contributed by atoms with E-state index in [1.807, 2.05) is 0 Å². The van der Waals surface area contributed by atoms with Crippen molar-refractivity contribution >= 4 is 26.8 Å². The maximum Gasteiger partial charge on any atom is 0.410 e. The number of carbonyl (C=O) groups is 1. The van der Waals surface area contributed by atoms with Gasteiger partial charge in [0, 0.05) is 13.1 Å². The molecule has 0 N–H and O–H groups in total. The summed E-state index contributed by atoms with van der Waals surface area (Å²) in [5.41, 5.74) is -1.52. The molecule has 41 heavy (non-hydrogen) atoms. The molecule has 5 rings (SSSR count). The quantitative estimate of drug-likeness (QED) is 0.439. The molecule has 0 aliphatic carbocycles. The van der Waals surface area contributed by atoms with Gasteiger partial charge in [0.05, 0.1) is 33.8 Å². The lowest BCUT2D eigenvalue weighted by molar-refractivity contribution is 0.0192. The number of fused-ring (bicyclic) bond motifs is 1. The zero-order valence-corrected chi connectivity index (χ0v) is 23.5. The predicted molar refractivity (Wildman–Crippen MR) is 144 cm³/mol. The van der Waals surface area contributed by atoms with Crippen LogP contribution in [-0.2, 0) is 14.6 Å². The third-order valence-corrected chi connectivity index (χ3v) is 10.3. The Morgan fingerprint density at radius 3 is 2.49 bits per heavy atom. The van der Waals surface area contributed by atoms with Gasteiger partial charge in [0.15, 0.2) is 21.4 Å². The number of nitriles is 1. The van der Waals surface area contributed by atoms with Gasteiger partial charge in [-0.25, -0.2) is 27.0 Å². The number of hydrogen-bond donors (Lipinski definition) is 0. The van der Waals surface area contributed by atoms with Crippen molar-refractivity contribution in [2.24, 2.45) is 0 Å². The standard InChI is InChI=1S/C28H28F2N4O6S/c1-27(2,3)40-26(36)33-10-8-28(9-11-33)13-17(15-41(28,37)38)34-16-32-23-7-4-18(12-19(23)25(34)35)39-24-20(14-31)21(29)5-6-22(24)30/h4-7,12,16-17H,8-11,13,15H2,1-3H3. The highest BCUT2D eigenvalue weighted by Gasteiger charge is 2.54. The Kier molecular flexibility index (Phi) is 7.01. The molecule has 3 heterocycles. The fraction of sp³-hybridized carbons (Fsp3) is 0.429. The van der Waals surface area contributed by atoms with E-state index in [-0.39, 0.29) is 49.2 Å². The van der Waals surface area contributed by atoms with Crippen molar-refractivity contribution in [3.8, 4) is 17.6 Å². The highest BCUT2D eigenvalue weighted by Crippen LogP contribution is 2.45. The smallest absolute Gasteiger partial charge is 0.410 e. The Hall–Kier alpha value is -4.05. The Labute approximate surface area is 235 Å². The fourth-order valence-corrected chi connectivity index (χ4v) is 7.85. The second-order valence-electron chi connectivity index (χ2n) is 11.4. The number of sulfone groups is 1. The third-order valence-electron chi connectivity index (χ3n) is 7.54. The van der Waals surface area contributed by atoms with Crippen LogP contribution in [0.1, 0.15) is 51.6 Å². The number of aromatic nitrogens is 2. The first kappa shape index (κ1) is 28.5. The number of nitrogens with zero attached hydrogens (tertiary/aromatic N) is 4. The summed E-state index contributed by atoms with van der Waals surface area (Å²) in [5.74, 6) is -2.81. The van der Waals surface area contributed by atoms with Gasteiger partial charge in [0.25, 0.3) is 5.56 Å². The minimum atomic E-state index is -3.63. The van der Waals surface area contributed by atoms with Crippen molar-refractivity contribution in [2.75, 3.05) is 18.8 Å². The molecule has 0 radical (unpaired) electrons. The van der Waals surface area contributed by atoms with Gasteiger partial charge in [-0.2, -0.15) is 5.26 Å². The molecule has 1 atom stereocenters. The van der Waals surface area contributed by atoms with Crippen molar-refractivity contribution in [1.82, 2.24) is 14.5 Å². The predicted octanol–water partition coefficient (Wildman–Crippen LogP) is 4.47. The number of halogens is 2. The molecular weight excluding hydrogens is 558 g/mol. The first-order chi connectivity index (χ1) is 19.2. The molecule has 2 fully saturated rings. The summed E-state index contributed by atoms with van der Waals surface area (Å²) in [6, 6.07) is 6.68. The van der Waals surface area contributed by atoms with E-state index in [1.165, 1.54) is 34.0 Å². The maximum atomic E-state index is 14.3. The Balaban J connectivity index is 1.41. The highest BCUT2D eigenvalue weighted by atomic mass is 32.2. The van der Waals surface area contributed by atoms with Gasteiger partial charge in [0.2, 0.25) is 0 Å². The van der Waals surface area contributed by atoms with Crippen LogP contribution in [0.3, 0.4) is 0 Å². The van der Waals surface area contributed by atoms with Crippen LogP contribution in [-0.4, -0.2) is 58.2 Å². The normalized spacial score (nSPS) is 19.7. The van der Waals surface area contributed by atoms with E-state index in [9.17, 15) is 32.0 Å². The summed E-state index contributed by atoms with van der Waals surface area (Å²) in [5, 5.41) is 9.32. The van der Waals surface area contributed by atoms with Gasteiger partial charge in [-0.05, 0) is 70.4 Å². The van der Waals surface area contributed by atoms with Crippen molar-refractivity contribution in [2.45, 2.75) is 56.4 Å². The molecule has 0 saturated carbocycles. The van der Waals surface area contributed by atoms with Crippen molar-refractivity contribution in [1.29, 1.82) is 5.26 Å². The van der Waals surface area contributed by atoms with E-state index < -0.39 is 60.8 Å². The number of likely N-dealkylation sites (tertiary alicyclic amines) is 1. The molecule has 2 aromatic carbocycles. The number of rotatable bonds is 3. The van der Waals surface area contributed by atoms with Gasteiger partial charge in [-0.1, -0.05) is 0 Å². The minimum absolute atomic E-state index is 0.0276. The summed E-state index contributed by atoms with van der Waals surface area (Å²) >= 11 is 0. The molecule has 216 valence electrons. The van der Waals surface area contributed by atoms with E-state index in [2.05, 4.69) is 4.98 Å². The van der Waals surface area contributed by atoms with Crippen LogP contribution < -0.4 is 10.3 Å². The van der Waals surface area contributed by atoms with Gasteiger partial charge in [0.1, 0.15) is 28.8 Å². The molecule has 1 aromatic heterocycles. The van der Waals surface area contributed by atoms with Crippen molar-refractivity contribution in [3.05, 3.63) is 64.2 Å². The molecule has 1 amide bonds. The highest BCUT2D eigenvalue weighted by molar-refractivity contribution is 7.93. The largest absolute Gasteiger partial charge is 0.453 e. The number of amides is 1. The molecule has 1 unspecified atom stereocenters. The van der Waals surface area contributed by atoms with Crippen LogP contribution in [0.15, 0.2) is 41.5 Å². The molecule has 1 spiro atoms. The molecule has 2 saturated heterocycles. The third kappa shape index (κ3) is 5.24. The van der Waals surface area contributed by atoms with Crippen LogP contribution in [0.4, 0.5) is 13.6 Å². The SMILES string of the molecule is CC(C)(C)OC(=O)N1CCC2(CC1)CC(n1cnc3ccc(Oc4c(F)ccc(F)c4C#N)cc3c1=O)CS2(=O)=O. The van der Waals surface area contributed by atoms with Gasteiger partial charge >= 0.3 is 6.09 Å². The molecule has 10 nitrogen and oxygen atoms in total. The average Bonchev–Trinajstić information content (AvgIpc) is 3.15. The van der Waals surface area contributed by atoms with E-state index >= 15 is 0 Å². The zero-order valence-electron chi connectivity index (χ0n) is 22.7. The van der Waals surface area contributed by atoms with Crippen LogP contribution in [0.25, 0.3) is 10.9 Å². The van der Waals surface area contributed by atoms with E-state index in [0.717, 1.165) is 12.1 Å². The van der Waals surface area contributed by atoms with E-state index in [1.54, 1.807) is 26.8 Å². The Bertz CT molecular complexity index is 1750. The molecule has 2 aliphatic rings. The van der Waals surface area contributed by atoms with Crippen LogP contribution in [0, 0.1) is 23.0 Å². The minimum Gasteiger partial charge on any atom is -0.453 e. The topological polar surface area (TPSA) is 132 Å². The number of hydrogen-bond acceptors (Lipinski definition) is 8. The monoisotopic (exact) mass is 586 g/mol. The lowest BCUT2D eigenvalue weighted by Crippen LogP contribution is -2.50. The van der Waals surface area contributed by atoms with Crippen LogP contribution >= 0.6 is 0 Å². The Morgan fingerprint density at radius 2 is 1.83 bits per heavy atom. The number of piperidine rings is 1. The van der Waals surface area contributed by atoms with E-state index in [0.29, 0.717) is 5.52 Å². The first-order valence-corrected chi connectivity index (χ1v) is 14.7. The lowest BCUT2D eigenvalue weighted by Gasteiger charge is -2.38. The molecular formula is C28H28F2N4O6S. The average molecular weight is 587 g/mol. The number of ether oxygens (including phenoxy) is 2. The van der Waals surface area contributed by atoms with Gasteiger partial charge in [-0.3, -0.25) is 9.36 Å². The molecule has 13 heteroatoms. The maximum absolute atomic E-state index is 14.3. The van der Waals surface area contributed by atoms with Crippen molar-refractivity contribution < 1.29 is 31.5 Å². The van der Waals surface area contributed by atoms with Crippen LogP contribution in [0.2, 0.25) is 0 Å². The lowest BCUT2D eigenvalue weighted by atomic mass is 9.90. The Morgan fingerprint density at radius 1 is 1.15 bits per heavy atom. The number of benzene rings is 2. The second-order valence-corrected chi connectivity index (χ2v) is 13.8. The van der Waals surface area contributed by atoms with Gasteiger partial charge < -0.3 is 14.4 Å². The van der Waals surface area contributed by atoms with E-state index in [4.69, 9.17) is 9.47 Å². The second kappa shape index (κ2) is 10.1. The summed E-state index contributed by atoms with van der Waals surface area (Å²) in [6.45, 7) is 5.71. The number of carbonyl (C=O) groups excluding carboxylic acids is 1. The molecule has 0 bridgehead atoms. The summed E-state index contributed by atoms with van der Waals surface area (Å²) in [4.78, 5) is 31.8. The fourth-order valence-electron chi connectivity index (χ4n) is 5.46. The van der Waals surface area contributed by atoms with Crippen LogP contribution in [0.5, 0.6) is 11.5 Å². The summed E-state index contributed by atoms with van der Waals surface area (Å²) in [6.07, 6.45) is 1.44. The van der Waals surface area contributed by atoms with Crippen molar-refractivity contribution in [3.63, 3.8) is 0 Å². The molecule has 3 aromatic rings. The summed E-state index contributed by atoms with van der Waals surface area (Å²) < 4.78 is 66.2. The summed E-state index contributed by atoms with van der Waals surface area (Å²) in [7, 11) is -3.63. The zero-order chi connectivity index (χ0) is 29.7. The molecule has 2 aliphatic heterocycles. The first-order valence-electron chi connectivity index (χ1n) is 13.0.